The Hall–Kier alpha value is -3.61. The van der Waals surface area contributed by atoms with Gasteiger partial charge in [0.2, 0.25) is 0 Å². The Morgan fingerprint density at radius 1 is 1.23 bits per heavy atom. The fraction of sp³-hybridized carbons (Fsp3) is 0.105. The Kier molecular flexibility index (Phi) is 3.89. The summed E-state index contributed by atoms with van der Waals surface area (Å²) in [5.41, 5.74) is 3.50. The highest BCUT2D eigenvalue weighted by Gasteiger charge is 2.14. The summed E-state index contributed by atoms with van der Waals surface area (Å²) in [6.07, 6.45) is 1.71. The predicted molar refractivity (Wildman–Crippen MR) is 101 cm³/mol. The van der Waals surface area contributed by atoms with Crippen molar-refractivity contribution in [3.8, 4) is 5.75 Å². The van der Waals surface area contributed by atoms with Crippen LogP contribution in [0.1, 0.15) is 5.56 Å². The minimum Gasteiger partial charge on any atom is -0.497 e. The molecule has 0 aliphatic heterocycles. The van der Waals surface area contributed by atoms with Gasteiger partial charge < -0.3 is 15.0 Å². The van der Waals surface area contributed by atoms with Crippen molar-refractivity contribution in [1.82, 2.24) is 9.97 Å². The zero-order chi connectivity index (χ0) is 18.1. The van der Waals surface area contributed by atoms with Crippen LogP contribution in [-0.4, -0.2) is 22.0 Å². The van der Waals surface area contributed by atoms with Crippen LogP contribution >= 0.6 is 0 Å². The van der Waals surface area contributed by atoms with E-state index < -0.39 is 4.92 Å². The van der Waals surface area contributed by atoms with E-state index in [9.17, 15) is 10.1 Å². The molecule has 0 amide bonds. The van der Waals surface area contributed by atoms with Crippen molar-refractivity contribution in [3.63, 3.8) is 0 Å². The van der Waals surface area contributed by atoms with Crippen molar-refractivity contribution in [1.29, 1.82) is 0 Å². The lowest BCUT2D eigenvalue weighted by Crippen LogP contribution is -2.00. The standard InChI is InChI=1S/C19H16N4O3/c1-26-14-4-2-3-12(9-14)11-21-17-7-8-20-19-18(17)15-10-13(23(24)25)5-6-16(15)22-19/h2-10H,11H2,1H3,(H2,20,21,22). The predicted octanol–water partition coefficient (Wildman–Crippen LogP) is 4.25. The number of rotatable bonds is 5. The maximum Gasteiger partial charge on any atom is 0.270 e. The smallest absolute Gasteiger partial charge is 0.270 e. The number of anilines is 1. The van der Waals surface area contributed by atoms with E-state index >= 15 is 0 Å². The molecule has 0 bridgehead atoms. The molecule has 0 unspecified atom stereocenters. The molecule has 2 aromatic heterocycles. The van der Waals surface area contributed by atoms with Gasteiger partial charge in [-0.05, 0) is 29.8 Å². The lowest BCUT2D eigenvalue weighted by Gasteiger charge is -2.09. The molecular formula is C19H16N4O3. The van der Waals surface area contributed by atoms with Crippen LogP contribution < -0.4 is 10.1 Å². The summed E-state index contributed by atoms with van der Waals surface area (Å²) < 4.78 is 5.25. The first-order chi connectivity index (χ1) is 12.7. The molecule has 0 aliphatic carbocycles. The zero-order valence-electron chi connectivity index (χ0n) is 14.0. The normalized spacial score (nSPS) is 11.0. The molecule has 0 radical (unpaired) electrons. The third-order valence-electron chi connectivity index (χ3n) is 4.30. The van der Waals surface area contributed by atoms with Crippen LogP contribution in [0.15, 0.2) is 54.7 Å². The molecule has 0 aliphatic rings. The van der Waals surface area contributed by atoms with Gasteiger partial charge >= 0.3 is 0 Å². The van der Waals surface area contributed by atoms with Crippen LogP contribution in [0.5, 0.6) is 5.75 Å². The number of aromatic nitrogens is 2. The number of aromatic amines is 1. The van der Waals surface area contributed by atoms with Gasteiger partial charge in [0.1, 0.15) is 11.4 Å². The summed E-state index contributed by atoms with van der Waals surface area (Å²) in [7, 11) is 1.64. The highest BCUT2D eigenvalue weighted by molar-refractivity contribution is 6.12. The average Bonchev–Trinajstić information content (AvgIpc) is 3.04. The maximum absolute atomic E-state index is 11.1. The molecule has 7 nitrogen and oxygen atoms in total. The van der Waals surface area contributed by atoms with Crippen LogP contribution in [0.3, 0.4) is 0 Å². The van der Waals surface area contributed by atoms with E-state index in [0.717, 1.165) is 33.3 Å². The summed E-state index contributed by atoms with van der Waals surface area (Å²) in [4.78, 5) is 18.3. The number of hydrogen-bond acceptors (Lipinski definition) is 5. The Labute approximate surface area is 148 Å². The first-order valence-corrected chi connectivity index (χ1v) is 8.07. The van der Waals surface area contributed by atoms with Gasteiger partial charge in [-0.15, -0.1) is 0 Å². The van der Waals surface area contributed by atoms with Crippen molar-refractivity contribution in [2.24, 2.45) is 0 Å². The third kappa shape index (κ3) is 2.79. The van der Waals surface area contributed by atoms with Crippen LogP contribution in [0.2, 0.25) is 0 Å². The number of nitrogens with zero attached hydrogens (tertiary/aromatic N) is 2. The second kappa shape index (κ2) is 6.36. The van der Waals surface area contributed by atoms with Gasteiger partial charge in [-0.25, -0.2) is 4.98 Å². The highest BCUT2D eigenvalue weighted by Crippen LogP contribution is 2.32. The molecular weight excluding hydrogens is 332 g/mol. The van der Waals surface area contributed by atoms with Gasteiger partial charge in [0.05, 0.1) is 12.0 Å². The van der Waals surface area contributed by atoms with E-state index in [1.807, 2.05) is 30.3 Å². The van der Waals surface area contributed by atoms with E-state index in [1.54, 1.807) is 25.4 Å². The number of nitro groups is 1. The number of H-pyrrole nitrogens is 1. The highest BCUT2D eigenvalue weighted by atomic mass is 16.6. The molecule has 0 saturated carbocycles. The molecule has 7 heteroatoms. The second-order valence-corrected chi connectivity index (χ2v) is 5.90. The first-order valence-electron chi connectivity index (χ1n) is 8.07. The van der Waals surface area contributed by atoms with Gasteiger partial charge in [-0.2, -0.15) is 0 Å². The molecule has 26 heavy (non-hydrogen) atoms. The van der Waals surface area contributed by atoms with Crippen LogP contribution in [0, 0.1) is 10.1 Å². The van der Waals surface area contributed by atoms with Crippen molar-refractivity contribution in [2.45, 2.75) is 6.54 Å². The number of nitro benzene ring substituents is 1. The molecule has 2 heterocycles. The number of fused-ring (bicyclic) bond motifs is 3. The van der Waals surface area contributed by atoms with Crippen molar-refractivity contribution in [3.05, 3.63) is 70.4 Å². The number of pyridine rings is 1. The Morgan fingerprint density at radius 3 is 2.92 bits per heavy atom. The number of nitrogens with one attached hydrogen (secondary N) is 2. The summed E-state index contributed by atoms with van der Waals surface area (Å²) in [6, 6.07) is 14.4. The summed E-state index contributed by atoms with van der Waals surface area (Å²) >= 11 is 0. The minimum atomic E-state index is -0.391. The quantitative estimate of drug-likeness (QED) is 0.415. The number of ether oxygens (including phenoxy) is 1. The van der Waals surface area contributed by atoms with Gasteiger partial charge in [0, 0.05) is 46.9 Å². The number of benzene rings is 2. The van der Waals surface area contributed by atoms with Gasteiger partial charge in [0.25, 0.3) is 5.69 Å². The summed E-state index contributed by atoms with van der Waals surface area (Å²) in [5.74, 6) is 0.798. The fourth-order valence-corrected chi connectivity index (χ4v) is 3.05. The van der Waals surface area contributed by atoms with E-state index in [2.05, 4.69) is 15.3 Å². The average molecular weight is 348 g/mol. The Bertz CT molecular complexity index is 1120. The van der Waals surface area contributed by atoms with Crippen LogP contribution in [-0.2, 0) is 6.54 Å². The van der Waals surface area contributed by atoms with E-state index in [0.29, 0.717) is 12.2 Å². The fourth-order valence-electron chi connectivity index (χ4n) is 3.05. The number of hydrogen-bond donors (Lipinski definition) is 2. The number of methoxy groups -OCH3 is 1. The molecule has 0 fully saturated rings. The minimum absolute atomic E-state index is 0.0565. The lowest BCUT2D eigenvalue weighted by molar-refractivity contribution is -0.384. The SMILES string of the molecule is COc1cccc(CNc2ccnc3[nH]c4ccc([N+](=O)[O-])cc4c23)c1. The Balaban J connectivity index is 1.75. The second-order valence-electron chi connectivity index (χ2n) is 5.90. The zero-order valence-corrected chi connectivity index (χ0v) is 14.0. The van der Waals surface area contributed by atoms with Gasteiger partial charge in [0.15, 0.2) is 0 Å². The van der Waals surface area contributed by atoms with Crippen molar-refractivity contribution >= 4 is 33.3 Å². The molecule has 2 N–H and O–H groups in total. The van der Waals surface area contributed by atoms with E-state index in [-0.39, 0.29) is 5.69 Å². The lowest BCUT2D eigenvalue weighted by atomic mass is 10.1. The molecule has 0 spiro atoms. The van der Waals surface area contributed by atoms with Gasteiger partial charge in [-0.3, -0.25) is 10.1 Å². The topological polar surface area (TPSA) is 93.1 Å². The third-order valence-corrected chi connectivity index (χ3v) is 4.30. The van der Waals surface area contributed by atoms with Crippen molar-refractivity contribution < 1.29 is 9.66 Å². The Morgan fingerprint density at radius 2 is 2.12 bits per heavy atom. The van der Waals surface area contributed by atoms with Crippen LogP contribution in [0.25, 0.3) is 21.9 Å². The molecule has 0 saturated heterocycles. The molecule has 4 aromatic rings. The van der Waals surface area contributed by atoms with Crippen LogP contribution in [0.4, 0.5) is 11.4 Å². The first kappa shape index (κ1) is 15.9. The van der Waals surface area contributed by atoms with E-state index in [1.165, 1.54) is 6.07 Å². The molecule has 4 rings (SSSR count). The maximum atomic E-state index is 11.1. The van der Waals surface area contributed by atoms with Gasteiger partial charge in [-0.1, -0.05) is 12.1 Å². The summed E-state index contributed by atoms with van der Waals surface area (Å²) in [6.45, 7) is 0.595. The monoisotopic (exact) mass is 348 g/mol. The molecule has 130 valence electrons. The van der Waals surface area contributed by atoms with Crippen molar-refractivity contribution in [2.75, 3.05) is 12.4 Å². The summed E-state index contributed by atoms with van der Waals surface area (Å²) in [5, 5.41) is 16.1. The largest absolute Gasteiger partial charge is 0.497 e. The number of non-ortho nitro benzene ring substituents is 1. The van der Waals surface area contributed by atoms with E-state index in [4.69, 9.17) is 4.74 Å². The molecule has 0 atom stereocenters. The molecule has 2 aromatic carbocycles.